The second kappa shape index (κ2) is 24.9. The highest BCUT2D eigenvalue weighted by Crippen LogP contribution is 2.13. The molecule has 0 aliphatic heterocycles. The fourth-order valence-corrected chi connectivity index (χ4v) is 3.60. The maximum absolute atomic E-state index is 11.6. The van der Waals surface area contributed by atoms with Gasteiger partial charge >= 0.3 is 11.9 Å². The molecule has 4 nitrogen and oxygen atoms in total. The summed E-state index contributed by atoms with van der Waals surface area (Å²) in [7, 11) is 0. The van der Waals surface area contributed by atoms with Crippen LogP contribution in [0.2, 0.25) is 0 Å². The Hall–Kier alpha value is -1.32. The van der Waals surface area contributed by atoms with Crippen LogP contribution in [-0.2, 0) is 19.1 Å². The van der Waals surface area contributed by atoms with Crippen LogP contribution in [0.25, 0.3) is 0 Å². The van der Waals surface area contributed by atoms with Crippen LogP contribution in [0.1, 0.15) is 135 Å². The number of carbonyl (C=O) groups is 2. The normalized spacial score (nSPS) is 10.7. The molecule has 0 radical (unpaired) electrons. The number of carbonyl (C=O) groups excluding carboxylic acids is 2. The van der Waals surface area contributed by atoms with Gasteiger partial charge in [0.15, 0.2) is 0 Å². The van der Waals surface area contributed by atoms with Crippen LogP contribution >= 0.6 is 0 Å². The third-order valence-electron chi connectivity index (χ3n) is 5.61. The predicted octanol–water partition coefficient (Wildman–Crippen LogP) is 8.08. The van der Waals surface area contributed by atoms with E-state index in [1.54, 1.807) is 6.08 Å². The average Bonchev–Trinajstić information content (AvgIpc) is 2.77. The van der Waals surface area contributed by atoms with Crippen molar-refractivity contribution in [3.8, 4) is 0 Å². The van der Waals surface area contributed by atoms with Crippen LogP contribution < -0.4 is 0 Å². The minimum Gasteiger partial charge on any atom is -0.466 e. The smallest absolute Gasteiger partial charge is 0.306 e. The summed E-state index contributed by atoms with van der Waals surface area (Å²) in [6, 6.07) is 0. The first-order valence-electron chi connectivity index (χ1n) is 13.1. The van der Waals surface area contributed by atoms with E-state index in [2.05, 4.69) is 13.5 Å². The number of unbranched alkanes of at least 4 members (excludes halogenated alkanes) is 16. The Bertz CT molecular complexity index is 419. The third-order valence-corrected chi connectivity index (χ3v) is 5.61. The van der Waals surface area contributed by atoms with Crippen LogP contribution in [0.4, 0.5) is 0 Å². The van der Waals surface area contributed by atoms with Crippen molar-refractivity contribution in [3.05, 3.63) is 12.7 Å². The Morgan fingerprint density at radius 2 is 0.935 bits per heavy atom. The fraction of sp³-hybridized carbons (Fsp3) is 0.852. The first-order chi connectivity index (χ1) is 15.2. The maximum Gasteiger partial charge on any atom is 0.306 e. The van der Waals surface area contributed by atoms with Crippen molar-refractivity contribution in [1.82, 2.24) is 0 Å². The van der Waals surface area contributed by atoms with Gasteiger partial charge in [-0.1, -0.05) is 109 Å². The molecule has 0 atom stereocenters. The van der Waals surface area contributed by atoms with Gasteiger partial charge in [0, 0.05) is 0 Å². The van der Waals surface area contributed by atoms with Gasteiger partial charge in [-0.2, -0.15) is 0 Å². The molecule has 0 N–H and O–H groups in total. The van der Waals surface area contributed by atoms with Crippen LogP contribution in [0.3, 0.4) is 0 Å². The van der Waals surface area contributed by atoms with Crippen molar-refractivity contribution in [2.24, 2.45) is 0 Å². The molecule has 0 spiro atoms. The topological polar surface area (TPSA) is 52.6 Å². The first kappa shape index (κ1) is 29.7. The minimum absolute atomic E-state index is 0.103. The zero-order chi connectivity index (χ0) is 22.8. The van der Waals surface area contributed by atoms with Gasteiger partial charge < -0.3 is 9.47 Å². The van der Waals surface area contributed by atoms with E-state index in [-0.39, 0.29) is 24.8 Å². The molecule has 0 aromatic rings. The van der Waals surface area contributed by atoms with E-state index in [0.29, 0.717) is 13.2 Å². The van der Waals surface area contributed by atoms with Crippen LogP contribution in [-0.4, -0.2) is 25.2 Å². The molecule has 31 heavy (non-hydrogen) atoms. The summed E-state index contributed by atoms with van der Waals surface area (Å²) in [5, 5.41) is 0. The van der Waals surface area contributed by atoms with Gasteiger partial charge in [0.1, 0.15) is 0 Å². The van der Waals surface area contributed by atoms with Crippen molar-refractivity contribution >= 4 is 11.9 Å². The number of esters is 2. The van der Waals surface area contributed by atoms with Crippen LogP contribution in [0.15, 0.2) is 12.7 Å². The summed E-state index contributed by atoms with van der Waals surface area (Å²) in [4.78, 5) is 23.1. The molecule has 0 aromatic heterocycles. The number of hydrogen-bond donors (Lipinski definition) is 0. The summed E-state index contributed by atoms with van der Waals surface area (Å²) >= 11 is 0. The van der Waals surface area contributed by atoms with Gasteiger partial charge in [-0.3, -0.25) is 9.59 Å². The molecule has 0 unspecified atom stereocenters. The van der Waals surface area contributed by atoms with E-state index in [0.717, 1.165) is 25.7 Å². The van der Waals surface area contributed by atoms with Crippen molar-refractivity contribution in [1.29, 1.82) is 0 Å². The van der Waals surface area contributed by atoms with Gasteiger partial charge in [-0.25, -0.2) is 0 Å². The SMILES string of the molecule is C=CCCCOC(=O)CCC(=O)OCCCCCCCCCCCCCCCCCC. The van der Waals surface area contributed by atoms with Crippen LogP contribution in [0.5, 0.6) is 0 Å². The predicted molar refractivity (Wildman–Crippen MR) is 130 cm³/mol. The molecular weight excluding hydrogens is 388 g/mol. The Labute approximate surface area is 192 Å². The lowest BCUT2D eigenvalue weighted by Gasteiger charge is -2.06. The number of hydrogen-bond acceptors (Lipinski definition) is 4. The quantitative estimate of drug-likeness (QED) is 0.0868. The van der Waals surface area contributed by atoms with Crippen LogP contribution in [0, 0.1) is 0 Å². The fourth-order valence-electron chi connectivity index (χ4n) is 3.60. The van der Waals surface area contributed by atoms with E-state index in [4.69, 9.17) is 9.47 Å². The largest absolute Gasteiger partial charge is 0.466 e. The summed E-state index contributed by atoms with van der Waals surface area (Å²) in [5.74, 6) is -0.632. The van der Waals surface area contributed by atoms with Gasteiger partial charge in [0.2, 0.25) is 0 Å². The van der Waals surface area contributed by atoms with Gasteiger partial charge in [-0.15, -0.1) is 6.58 Å². The highest BCUT2D eigenvalue weighted by atomic mass is 16.5. The van der Waals surface area contributed by atoms with E-state index >= 15 is 0 Å². The Morgan fingerprint density at radius 1 is 0.581 bits per heavy atom. The van der Waals surface area contributed by atoms with E-state index in [1.165, 1.54) is 89.9 Å². The lowest BCUT2D eigenvalue weighted by molar-refractivity contribution is -0.150. The second-order valence-corrected chi connectivity index (χ2v) is 8.68. The molecular formula is C27H50O4. The summed E-state index contributed by atoms with van der Waals surface area (Å²) < 4.78 is 10.2. The lowest BCUT2D eigenvalue weighted by Crippen LogP contribution is -2.11. The van der Waals surface area contributed by atoms with E-state index in [9.17, 15) is 9.59 Å². The Balaban J connectivity index is 3.22. The molecule has 0 rings (SSSR count). The van der Waals surface area contributed by atoms with Gasteiger partial charge in [0.25, 0.3) is 0 Å². The van der Waals surface area contributed by atoms with E-state index in [1.807, 2.05) is 0 Å². The molecule has 0 heterocycles. The average molecular weight is 439 g/mol. The summed E-state index contributed by atoms with van der Waals surface area (Å²) in [5.41, 5.74) is 0. The second-order valence-electron chi connectivity index (χ2n) is 8.68. The number of rotatable bonds is 24. The van der Waals surface area contributed by atoms with Crippen molar-refractivity contribution in [2.45, 2.75) is 135 Å². The zero-order valence-electron chi connectivity index (χ0n) is 20.5. The molecule has 0 bridgehead atoms. The zero-order valence-corrected chi connectivity index (χ0v) is 20.5. The number of ether oxygens (including phenoxy) is 2. The highest BCUT2D eigenvalue weighted by Gasteiger charge is 2.08. The maximum atomic E-state index is 11.6. The van der Waals surface area contributed by atoms with Crippen molar-refractivity contribution in [2.75, 3.05) is 13.2 Å². The van der Waals surface area contributed by atoms with E-state index < -0.39 is 0 Å². The third kappa shape index (κ3) is 24.8. The molecule has 0 amide bonds. The minimum atomic E-state index is -0.330. The molecule has 0 saturated heterocycles. The summed E-state index contributed by atoms with van der Waals surface area (Å²) in [6.07, 6.45) is 24.9. The molecule has 0 fully saturated rings. The molecule has 0 aliphatic rings. The summed E-state index contributed by atoms with van der Waals surface area (Å²) in [6.45, 7) is 6.74. The lowest BCUT2D eigenvalue weighted by atomic mass is 10.0. The number of allylic oxidation sites excluding steroid dienone is 1. The molecule has 0 aliphatic carbocycles. The molecule has 4 heteroatoms. The molecule has 182 valence electrons. The first-order valence-corrected chi connectivity index (χ1v) is 13.1. The Kier molecular flexibility index (Phi) is 23.9. The van der Waals surface area contributed by atoms with Gasteiger partial charge in [-0.05, 0) is 19.3 Å². The standard InChI is InChI=1S/C27H50O4/c1-3-5-7-8-9-10-11-12-13-14-15-16-17-18-19-21-25-31-27(29)23-22-26(28)30-24-20-6-4-2/h4H,2-3,5-25H2,1H3. The van der Waals surface area contributed by atoms with Crippen molar-refractivity contribution < 1.29 is 19.1 Å². The molecule has 0 saturated carbocycles. The monoisotopic (exact) mass is 438 g/mol. The molecule has 0 aromatic carbocycles. The van der Waals surface area contributed by atoms with Gasteiger partial charge in [0.05, 0.1) is 26.1 Å². The van der Waals surface area contributed by atoms with Crippen molar-refractivity contribution in [3.63, 3.8) is 0 Å². The Morgan fingerprint density at radius 3 is 1.32 bits per heavy atom. The highest BCUT2D eigenvalue weighted by molar-refractivity contribution is 5.77.